The fourth-order valence-electron chi connectivity index (χ4n) is 1.48. The first-order valence-electron chi connectivity index (χ1n) is 5.22. The van der Waals surface area contributed by atoms with Gasteiger partial charge < -0.3 is 9.84 Å². The summed E-state index contributed by atoms with van der Waals surface area (Å²) in [6.45, 7) is 3.85. The standard InChI is InChI=1S/C10H15N3OS/c1-2-3-9-7-12-10(15-9)11-6-8-4-5-14-13-8/h4-5,9H,2-3,6-7H2,1H3,(H,11,12). The highest BCUT2D eigenvalue weighted by molar-refractivity contribution is 8.14. The summed E-state index contributed by atoms with van der Waals surface area (Å²) in [7, 11) is 0. The van der Waals surface area contributed by atoms with Crippen LogP contribution in [0.15, 0.2) is 21.8 Å². The van der Waals surface area contributed by atoms with Crippen LogP contribution < -0.4 is 5.32 Å². The van der Waals surface area contributed by atoms with Gasteiger partial charge in [0.05, 0.1) is 13.1 Å². The Kier molecular flexibility index (Phi) is 3.66. The van der Waals surface area contributed by atoms with Gasteiger partial charge in [-0.05, 0) is 6.42 Å². The van der Waals surface area contributed by atoms with Crippen molar-refractivity contribution in [2.45, 2.75) is 31.6 Å². The zero-order valence-corrected chi connectivity index (χ0v) is 9.59. The fourth-order valence-corrected chi connectivity index (χ4v) is 2.60. The summed E-state index contributed by atoms with van der Waals surface area (Å²) in [6.07, 6.45) is 4.05. The Balaban J connectivity index is 1.73. The van der Waals surface area contributed by atoms with Crippen molar-refractivity contribution in [1.82, 2.24) is 10.5 Å². The van der Waals surface area contributed by atoms with E-state index in [9.17, 15) is 0 Å². The van der Waals surface area contributed by atoms with Crippen molar-refractivity contribution in [3.05, 3.63) is 18.0 Å². The molecule has 82 valence electrons. The Bertz CT molecular complexity index is 323. The molecule has 4 nitrogen and oxygen atoms in total. The number of amidine groups is 1. The van der Waals surface area contributed by atoms with E-state index in [1.54, 1.807) is 6.26 Å². The third-order valence-corrected chi connectivity index (χ3v) is 3.45. The van der Waals surface area contributed by atoms with Crippen LogP contribution in [-0.2, 0) is 6.54 Å². The number of hydrogen-bond acceptors (Lipinski definition) is 5. The van der Waals surface area contributed by atoms with Crippen LogP contribution in [0.25, 0.3) is 0 Å². The summed E-state index contributed by atoms with van der Waals surface area (Å²) in [5.74, 6) is 0. The summed E-state index contributed by atoms with van der Waals surface area (Å²) >= 11 is 1.84. The molecule has 0 aliphatic carbocycles. The molecule has 0 spiro atoms. The molecule has 0 fully saturated rings. The quantitative estimate of drug-likeness (QED) is 0.852. The van der Waals surface area contributed by atoms with Crippen molar-refractivity contribution in [2.24, 2.45) is 4.99 Å². The van der Waals surface area contributed by atoms with Crippen LogP contribution in [0, 0.1) is 0 Å². The topological polar surface area (TPSA) is 50.4 Å². The summed E-state index contributed by atoms with van der Waals surface area (Å²) in [5.41, 5.74) is 0.914. The maximum Gasteiger partial charge on any atom is 0.157 e. The van der Waals surface area contributed by atoms with Crippen LogP contribution in [0.1, 0.15) is 25.5 Å². The lowest BCUT2D eigenvalue weighted by Crippen LogP contribution is -2.19. The lowest BCUT2D eigenvalue weighted by molar-refractivity contribution is 0.411. The van der Waals surface area contributed by atoms with Gasteiger partial charge in [-0.3, -0.25) is 4.99 Å². The molecule has 1 aromatic heterocycles. The molecule has 0 bridgehead atoms. The van der Waals surface area contributed by atoms with E-state index in [0.717, 1.165) is 17.4 Å². The van der Waals surface area contributed by atoms with Gasteiger partial charge in [0.15, 0.2) is 5.17 Å². The van der Waals surface area contributed by atoms with Crippen LogP contribution in [0.2, 0.25) is 0 Å². The molecule has 1 aromatic rings. The predicted molar refractivity (Wildman–Crippen MR) is 61.9 cm³/mol. The number of thioether (sulfide) groups is 1. The van der Waals surface area contributed by atoms with Gasteiger partial charge in [-0.15, -0.1) is 0 Å². The molecule has 0 saturated carbocycles. The number of hydrogen-bond donors (Lipinski definition) is 1. The Morgan fingerprint density at radius 2 is 2.60 bits per heavy atom. The van der Waals surface area contributed by atoms with Crippen molar-refractivity contribution in [3.8, 4) is 0 Å². The van der Waals surface area contributed by atoms with Gasteiger partial charge in [-0.2, -0.15) is 0 Å². The normalized spacial score (nSPS) is 20.3. The highest BCUT2D eigenvalue weighted by Gasteiger charge is 2.18. The van der Waals surface area contributed by atoms with Crippen molar-refractivity contribution >= 4 is 16.9 Å². The molecule has 0 amide bonds. The third-order valence-electron chi connectivity index (χ3n) is 2.24. The van der Waals surface area contributed by atoms with Gasteiger partial charge in [-0.25, -0.2) is 0 Å². The Morgan fingerprint density at radius 1 is 1.67 bits per heavy atom. The molecule has 1 unspecified atom stereocenters. The molecule has 0 aromatic carbocycles. The van der Waals surface area contributed by atoms with Gasteiger partial charge in [0, 0.05) is 11.3 Å². The van der Waals surface area contributed by atoms with E-state index in [-0.39, 0.29) is 0 Å². The summed E-state index contributed by atoms with van der Waals surface area (Å²) in [6, 6.07) is 1.86. The molecular weight excluding hydrogens is 210 g/mol. The van der Waals surface area contributed by atoms with Crippen molar-refractivity contribution < 1.29 is 4.52 Å². The predicted octanol–water partition coefficient (Wildman–Crippen LogP) is 2.04. The highest BCUT2D eigenvalue weighted by Crippen LogP contribution is 2.23. The molecule has 1 aliphatic rings. The molecule has 0 radical (unpaired) electrons. The number of aromatic nitrogens is 1. The zero-order valence-electron chi connectivity index (χ0n) is 8.77. The minimum absolute atomic E-state index is 0.662. The van der Waals surface area contributed by atoms with Crippen molar-refractivity contribution in [2.75, 3.05) is 6.54 Å². The van der Waals surface area contributed by atoms with Crippen LogP contribution in [0.4, 0.5) is 0 Å². The minimum atomic E-state index is 0.662. The van der Waals surface area contributed by atoms with E-state index in [0.29, 0.717) is 11.8 Å². The molecule has 5 heteroatoms. The summed E-state index contributed by atoms with van der Waals surface area (Å²) in [4.78, 5) is 4.45. The molecule has 2 rings (SSSR count). The number of rotatable bonds is 4. The number of nitrogens with one attached hydrogen (secondary N) is 1. The smallest absolute Gasteiger partial charge is 0.157 e. The van der Waals surface area contributed by atoms with E-state index >= 15 is 0 Å². The van der Waals surface area contributed by atoms with E-state index in [2.05, 4.69) is 22.4 Å². The highest BCUT2D eigenvalue weighted by atomic mass is 32.2. The van der Waals surface area contributed by atoms with Crippen LogP contribution in [0.5, 0.6) is 0 Å². The first-order chi connectivity index (χ1) is 7.38. The Morgan fingerprint density at radius 3 is 3.33 bits per heavy atom. The van der Waals surface area contributed by atoms with Gasteiger partial charge in [0.2, 0.25) is 0 Å². The Labute approximate surface area is 93.5 Å². The van der Waals surface area contributed by atoms with Crippen molar-refractivity contribution in [3.63, 3.8) is 0 Å². The van der Waals surface area contributed by atoms with Crippen LogP contribution in [0.3, 0.4) is 0 Å². The second-order valence-corrected chi connectivity index (χ2v) is 4.81. The van der Waals surface area contributed by atoms with Gasteiger partial charge in [0.1, 0.15) is 12.0 Å². The van der Waals surface area contributed by atoms with Gasteiger partial charge in [-0.1, -0.05) is 30.3 Å². The zero-order chi connectivity index (χ0) is 10.5. The van der Waals surface area contributed by atoms with E-state index in [4.69, 9.17) is 4.52 Å². The van der Waals surface area contributed by atoms with Crippen LogP contribution in [-0.4, -0.2) is 22.1 Å². The SMILES string of the molecule is CCCC1CN=C(NCc2ccon2)S1. The van der Waals surface area contributed by atoms with Gasteiger partial charge >= 0.3 is 0 Å². The monoisotopic (exact) mass is 225 g/mol. The second kappa shape index (κ2) is 5.21. The number of aliphatic imine (C=N–C) groups is 1. The van der Waals surface area contributed by atoms with E-state index < -0.39 is 0 Å². The molecular formula is C10H15N3OS. The fraction of sp³-hybridized carbons (Fsp3) is 0.600. The average molecular weight is 225 g/mol. The molecule has 1 aliphatic heterocycles. The first kappa shape index (κ1) is 10.5. The summed E-state index contributed by atoms with van der Waals surface area (Å²) in [5, 5.41) is 8.79. The largest absolute Gasteiger partial charge is 0.364 e. The van der Waals surface area contributed by atoms with Gasteiger partial charge in [0.25, 0.3) is 0 Å². The maximum atomic E-state index is 4.75. The lowest BCUT2D eigenvalue weighted by atomic mass is 10.2. The minimum Gasteiger partial charge on any atom is -0.364 e. The van der Waals surface area contributed by atoms with Crippen LogP contribution >= 0.6 is 11.8 Å². The number of nitrogens with zero attached hydrogens (tertiary/aromatic N) is 2. The molecule has 0 saturated heterocycles. The lowest BCUT2D eigenvalue weighted by Gasteiger charge is -2.06. The molecule has 2 heterocycles. The van der Waals surface area contributed by atoms with E-state index in [1.807, 2.05) is 17.8 Å². The molecule has 1 atom stereocenters. The molecule has 1 N–H and O–H groups in total. The Hall–Kier alpha value is -0.970. The molecule has 15 heavy (non-hydrogen) atoms. The van der Waals surface area contributed by atoms with E-state index in [1.165, 1.54) is 12.8 Å². The second-order valence-electron chi connectivity index (χ2n) is 3.52. The summed E-state index contributed by atoms with van der Waals surface area (Å²) < 4.78 is 4.75. The third kappa shape index (κ3) is 2.99. The first-order valence-corrected chi connectivity index (χ1v) is 6.10. The average Bonchev–Trinajstić information content (AvgIpc) is 2.85. The van der Waals surface area contributed by atoms with Crippen molar-refractivity contribution in [1.29, 1.82) is 0 Å². The maximum absolute atomic E-state index is 4.75.